The van der Waals surface area contributed by atoms with Crippen LogP contribution in [0.5, 0.6) is 0 Å². The third-order valence-electron chi connectivity index (χ3n) is 3.10. The molecule has 0 amide bonds. The third kappa shape index (κ3) is 2.76. The number of aliphatic hydroxyl groups excluding tert-OH is 1. The van der Waals surface area contributed by atoms with Crippen molar-refractivity contribution >= 4 is 10.0 Å². The molecule has 16 heavy (non-hydrogen) atoms. The van der Waals surface area contributed by atoms with Gasteiger partial charge in [0.1, 0.15) is 0 Å². The molecule has 0 aromatic carbocycles. The lowest BCUT2D eigenvalue weighted by Crippen LogP contribution is -2.51. The first-order chi connectivity index (χ1) is 7.30. The molecule has 0 unspecified atom stereocenters. The van der Waals surface area contributed by atoms with Gasteiger partial charge in [0, 0.05) is 19.2 Å². The summed E-state index contributed by atoms with van der Waals surface area (Å²) in [5, 5.41) is 8.83. The molecule has 0 spiro atoms. The molecule has 0 heterocycles. The largest absolute Gasteiger partial charge is 0.396 e. The summed E-state index contributed by atoms with van der Waals surface area (Å²) >= 11 is 0. The zero-order valence-corrected chi connectivity index (χ0v) is 11.3. The molecule has 96 valence electrons. The molecular weight excluding hydrogens is 226 g/mol. The number of nitrogens with zero attached hydrogens (tertiary/aromatic N) is 1. The standard InChI is InChI=1S/C11H23NO3S/c1-11(2,3)16(14,15)12(8-5-9-13)10-6-4-7-10/h10,13H,4-9H2,1-3H3. The van der Waals surface area contributed by atoms with Crippen LogP contribution in [0.3, 0.4) is 0 Å². The Bertz CT molecular complexity index is 315. The molecule has 1 fully saturated rings. The van der Waals surface area contributed by atoms with E-state index in [9.17, 15) is 8.42 Å². The first-order valence-corrected chi connectivity index (χ1v) is 7.37. The second-order valence-electron chi connectivity index (χ2n) is 5.39. The summed E-state index contributed by atoms with van der Waals surface area (Å²) in [6, 6.07) is 0.163. The number of aliphatic hydroxyl groups is 1. The van der Waals surface area contributed by atoms with E-state index in [0.717, 1.165) is 19.3 Å². The van der Waals surface area contributed by atoms with Crippen molar-refractivity contribution in [2.45, 2.75) is 57.2 Å². The lowest BCUT2D eigenvalue weighted by Gasteiger charge is -2.40. The molecule has 5 heteroatoms. The Labute approximate surface area is 98.7 Å². The smallest absolute Gasteiger partial charge is 0.219 e. The number of rotatable bonds is 5. The van der Waals surface area contributed by atoms with Crippen molar-refractivity contribution in [1.82, 2.24) is 4.31 Å². The van der Waals surface area contributed by atoms with Gasteiger partial charge in [-0.2, -0.15) is 4.31 Å². The van der Waals surface area contributed by atoms with E-state index < -0.39 is 14.8 Å². The molecule has 0 aromatic rings. The molecule has 0 saturated heterocycles. The van der Waals surface area contributed by atoms with Crippen molar-refractivity contribution in [3.8, 4) is 0 Å². The van der Waals surface area contributed by atoms with E-state index in [-0.39, 0.29) is 12.6 Å². The van der Waals surface area contributed by atoms with E-state index >= 15 is 0 Å². The van der Waals surface area contributed by atoms with Gasteiger partial charge in [-0.3, -0.25) is 0 Å². The van der Waals surface area contributed by atoms with Gasteiger partial charge >= 0.3 is 0 Å². The van der Waals surface area contributed by atoms with E-state index in [1.807, 2.05) is 0 Å². The lowest BCUT2D eigenvalue weighted by atomic mass is 9.93. The van der Waals surface area contributed by atoms with Crippen LogP contribution < -0.4 is 0 Å². The quantitative estimate of drug-likeness (QED) is 0.800. The summed E-state index contributed by atoms with van der Waals surface area (Å²) in [5.74, 6) is 0. The van der Waals surface area contributed by atoms with Gasteiger partial charge in [0.05, 0.1) is 4.75 Å². The minimum absolute atomic E-state index is 0.0445. The van der Waals surface area contributed by atoms with Gasteiger partial charge in [-0.05, 0) is 40.0 Å². The van der Waals surface area contributed by atoms with Gasteiger partial charge in [-0.25, -0.2) is 8.42 Å². The van der Waals surface area contributed by atoms with Crippen LogP contribution in [0.4, 0.5) is 0 Å². The first kappa shape index (κ1) is 13.9. The SMILES string of the molecule is CC(C)(C)S(=O)(=O)N(CCCO)C1CCC1. The number of sulfonamides is 1. The van der Waals surface area contributed by atoms with Gasteiger partial charge in [-0.15, -0.1) is 0 Å². The highest BCUT2D eigenvalue weighted by atomic mass is 32.2. The Kier molecular flexibility index (Phi) is 4.37. The van der Waals surface area contributed by atoms with Crippen molar-refractivity contribution < 1.29 is 13.5 Å². The van der Waals surface area contributed by atoms with Gasteiger partial charge in [-0.1, -0.05) is 6.42 Å². The normalized spacial score (nSPS) is 18.8. The van der Waals surface area contributed by atoms with Crippen LogP contribution in [0, 0.1) is 0 Å². The van der Waals surface area contributed by atoms with E-state index in [0.29, 0.717) is 13.0 Å². The molecule has 0 radical (unpaired) electrons. The maximum Gasteiger partial charge on any atom is 0.219 e. The molecule has 1 aliphatic carbocycles. The fourth-order valence-electron chi connectivity index (χ4n) is 1.75. The molecule has 4 nitrogen and oxygen atoms in total. The molecule has 0 aliphatic heterocycles. The average Bonchev–Trinajstić information content (AvgIpc) is 2.06. The molecular formula is C11H23NO3S. The molecule has 1 aliphatic rings. The maximum atomic E-state index is 12.3. The second-order valence-corrected chi connectivity index (χ2v) is 8.03. The molecule has 1 N–H and O–H groups in total. The van der Waals surface area contributed by atoms with Crippen LogP contribution in [-0.4, -0.2) is 41.8 Å². The minimum atomic E-state index is -3.25. The molecule has 0 aromatic heterocycles. The molecule has 1 saturated carbocycles. The van der Waals surface area contributed by atoms with Crippen molar-refractivity contribution in [1.29, 1.82) is 0 Å². The van der Waals surface area contributed by atoms with Crippen LogP contribution in [-0.2, 0) is 10.0 Å². The predicted octanol–water partition coefficient (Wildman–Crippen LogP) is 1.35. The van der Waals surface area contributed by atoms with Crippen molar-refractivity contribution in [3.63, 3.8) is 0 Å². The second kappa shape index (κ2) is 5.02. The van der Waals surface area contributed by atoms with E-state index in [1.54, 1.807) is 25.1 Å². The zero-order valence-electron chi connectivity index (χ0n) is 10.4. The van der Waals surface area contributed by atoms with E-state index in [1.165, 1.54) is 0 Å². The monoisotopic (exact) mass is 249 g/mol. The van der Waals surface area contributed by atoms with Crippen molar-refractivity contribution in [2.75, 3.05) is 13.2 Å². The molecule has 1 rings (SSSR count). The summed E-state index contributed by atoms with van der Waals surface area (Å²) in [4.78, 5) is 0. The topological polar surface area (TPSA) is 57.6 Å². The predicted molar refractivity (Wildman–Crippen MR) is 64.7 cm³/mol. The van der Waals surface area contributed by atoms with Gasteiger partial charge in [0.15, 0.2) is 0 Å². The Morgan fingerprint density at radius 1 is 1.31 bits per heavy atom. The Morgan fingerprint density at radius 3 is 2.19 bits per heavy atom. The van der Waals surface area contributed by atoms with Gasteiger partial charge in [0.25, 0.3) is 0 Å². The minimum Gasteiger partial charge on any atom is -0.396 e. The number of hydrogen-bond acceptors (Lipinski definition) is 3. The van der Waals surface area contributed by atoms with E-state index in [2.05, 4.69) is 0 Å². The summed E-state index contributed by atoms with van der Waals surface area (Å²) in [7, 11) is -3.25. The van der Waals surface area contributed by atoms with Crippen LogP contribution in [0.2, 0.25) is 0 Å². The molecule has 0 bridgehead atoms. The summed E-state index contributed by atoms with van der Waals surface area (Å²) in [6.45, 7) is 5.68. The van der Waals surface area contributed by atoms with Gasteiger partial charge < -0.3 is 5.11 Å². The third-order valence-corrected chi connectivity index (χ3v) is 5.75. The van der Waals surface area contributed by atoms with Gasteiger partial charge in [0.2, 0.25) is 10.0 Å². The fraction of sp³-hybridized carbons (Fsp3) is 1.00. The highest BCUT2D eigenvalue weighted by Gasteiger charge is 2.40. The lowest BCUT2D eigenvalue weighted by molar-refractivity contribution is 0.195. The van der Waals surface area contributed by atoms with Crippen molar-refractivity contribution in [2.24, 2.45) is 0 Å². The van der Waals surface area contributed by atoms with Crippen molar-refractivity contribution in [3.05, 3.63) is 0 Å². The summed E-state index contributed by atoms with van der Waals surface area (Å²) < 4.78 is 25.5. The average molecular weight is 249 g/mol. The summed E-state index contributed by atoms with van der Waals surface area (Å²) in [6.07, 6.45) is 3.55. The van der Waals surface area contributed by atoms with E-state index in [4.69, 9.17) is 5.11 Å². The highest BCUT2D eigenvalue weighted by Crippen LogP contribution is 2.31. The Morgan fingerprint density at radius 2 is 1.88 bits per heavy atom. The highest BCUT2D eigenvalue weighted by molar-refractivity contribution is 7.90. The fourth-order valence-corrected chi connectivity index (χ4v) is 3.43. The number of hydrogen-bond donors (Lipinski definition) is 1. The van der Waals surface area contributed by atoms with Crippen LogP contribution in [0.1, 0.15) is 46.5 Å². The zero-order chi connectivity index (χ0) is 12.4. The first-order valence-electron chi connectivity index (χ1n) is 5.93. The Balaban J connectivity index is 2.83. The van der Waals surface area contributed by atoms with Crippen LogP contribution in [0.15, 0.2) is 0 Å². The summed E-state index contributed by atoms with van der Waals surface area (Å²) in [5.41, 5.74) is 0. The Hall–Kier alpha value is -0.130. The molecule has 0 atom stereocenters. The maximum absolute atomic E-state index is 12.3. The van der Waals surface area contributed by atoms with Crippen LogP contribution in [0.25, 0.3) is 0 Å². The van der Waals surface area contributed by atoms with Crippen LogP contribution >= 0.6 is 0 Å².